The Morgan fingerprint density at radius 3 is 2.65 bits per heavy atom. The van der Waals surface area contributed by atoms with Crippen LogP contribution in [-0.2, 0) is 16.0 Å². The van der Waals surface area contributed by atoms with Gasteiger partial charge in [-0.05, 0) is 49.7 Å². The number of rotatable bonds is 2. The van der Waals surface area contributed by atoms with Gasteiger partial charge in [0, 0.05) is 24.7 Å². The predicted molar refractivity (Wildman–Crippen MR) is 89.1 cm³/mol. The van der Waals surface area contributed by atoms with Gasteiger partial charge in [0.1, 0.15) is 6.04 Å². The van der Waals surface area contributed by atoms with E-state index in [0.29, 0.717) is 5.92 Å². The van der Waals surface area contributed by atoms with Crippen LogP contribution in [0.5, 0.6) is 0 Å². The maximum atomic E-state index is 13.2. The number of carbonyl (C=O) groups is 2. The van der Waals surface area contributed by atoms with Crippen LogP contribution in [0.4, 0.5) is 5.69 Å². The Labute approximate surface area is 137 Å². The van der Waals surface area contributed by atoms with Gasteiger partial charge in [0.05, 0.1) is 0 Å². The zero-order valence-corrected chi connectivity index (χ0v) is 13.7. The minimum Gasteiger partial charge on any atom is -0.330 e. The maximum absolute atomic E-state index is 13.2. The van der Waals surface area contributed by atoms with Gasteiger partial charge in [-0.1, -0.05) is 25.1 Å². The van der Waals surface area contributed by atoms with Crippen molar-refractivity contribution in [3.8, 4) is 0 Å². The van der Waals surface area contributed by atoms with Crippen molar-refractivity contribution in [2.24, 2.45) is 11.8 Å². The van der Waals surface area contributed by atoms with Crippen LogP contribution in [0.15, 0.2) is 24.3 Å². The van der Waals surface area contributed by atoms with E-state index in [2.05, 4.69) is 13.0 Å². The average Bonchev–Trinajstić information content (AvgIpc) is 3.29. The third-order valence-electron chi connectivity index (χ3n) is 5.36. The fourth-order valence-electron chi connectivity index (χ4n) is 4.04. The monoisotopic (exact) mass is 312 g/mol. The first-order valence-electron chi connectivity index (χ1n) is 8.85. The first-order chi connectivity index (χ1) is 11.1. The Balaban J connectivity index is 1.60. The largest absolute Gasteiger partial charge is 0.330 e. The molecule has 2 fully saturated rings. The fourth-order valence-corrected chi connectivity index (χ4v) is 4.04. The second-order valence-corrected chi connectivity index (χ2v) is 7.35. The zero-order chi connectivity index (χ0) is 16.0. The molecular formula is C19H24N2O2. The van der Waals surface area contributed by atoms with E-state index in [4.69, 9.17) is 0 Å². The maximum Gasteiger partial charge on any atom is 0.249 e. The van der Waals surface area contributed by atoms with E-state index in [1.165, 1.54) is 5.56 Å². The lowest BCUT2D eigenvalue weighted by Gasteiger charge is -2.36. The Hall–Kier alpha value is -1.84. The Bertz CT molecular complexity index is 638. The molecule has 2 unspecified atom stereocenters. The number of hydrogen-bond donors (Lipinski definition) is 0. The fraction of sp³-hybridized carbons (Fsp3) is 0.579. The summed E-state index contributed by atoms with van der Waals surface area (Å²) < 4.78 is 0. The van der Waals surface area contributed by atoms with Crippen LogP contribution in [0.1, 0.15) is 38.2 Å². The lowest BCUT2D eigenvalue weighted by molar-refractivity contribution is -0.138. The molecule has 1 aliphatic carbocycles. The van der Waals surface area contributed by atoms with E-state index < -0.39 is 0 Å². The number of benzene rings is 1. The summed E-state index contributed by atoms with van der Waals surface area (Å²) in [4.78, 5) is 29.5. The number of amides is 2. The number of nitrogens with zero attached hydrogens (tertiary/aromatic N) is 2. The van der Waals surface area contributed by atoms with E-state index in [1.54, 1.807) is 0 Å². The molecule has 1 aromatic rings. The number of carbonyl (C=O) groups excluding carboxylic acids is 2. The van der Waals surface area contributed by atoms with Crippen LogP contribution in [0.2, 0.25) is 0 Å². The van der Waals surface area contributed by atoms with Crippen molar-refractivity contribution >= 4 is 17.5 Å². The lowest BCUT2D eigenvalue weighted by atomic mass is 9.93. The van der Waals surface area contributed by atoms with Crippen LogP contribution >= 0.6 is 0 Å². The van der Waals surface area contributed by atoms with Crippen LogP contribution in [0.3, 0.4) is 0 Å². The Morgan fingerprint density at radius 2 is 1.87 bits per heavy atom. The molecule has 1 aromatic carbocycles. The second kappa shape index (κ2) is 5.66. The van der Waals surface area contributed by atoms with Crippen molar-refractivity contribution < 1.29 is 9.59 Å². The summed E-state index contributed by atoms with van der Waals surface area (Å²) in [6.07, 6.45) is 4.78. The van der Waals surface area contributed by atoms with Crippen molar-refractivity contribution in [2.45, 2.75) is 45.1 Å². The number of fused-ring (bicyclic) bond motifs is 1. The molecule has 2 aliphatic heterocycles. The molecule has 0 bridgehead atoms. The second-order valence-electron chi connectivity index (χ2n) is 7.35. The summed E-state index contributed by atoms with van der Waals surface area (Å²) in [6.45, 7) is 3.70. The van der Waals surface area contributed by atoms with Crippen LogP contribution in [-0.4, -0.2) is 35.8 Å². The van der Waals surface area contributed by atoms with Gasteiger partial charge in [0.2, 0.25) is 11.8 Å². The zero-order valence-electron chi connectivity index (χ0n) is 13.7. The van der Waals surface area contributed by atoms with Gasteiger partial charge in [-0.2, -0.15) is 0 Å². The van der Waals surface area contributed by atoms with E-state index in [9.17, 15) is 9.59 Å². The molecule has 122 valence electrons. The first-order valence-corrected chi connectivity index (χ1v) is 8.85. The molecule has 3 aliphatic rings. The molecule has 2 heterocycles. The van der Waals surface area contributed by atoms with Gasteiger partial charge >= 0.3 is 0 Å². The van der Waals surface area contributed by atoms with Crippen molar-refractivity contribution in [3.63, 3.8) is 0 Å². The van der Waals surface area contributed by atoms with Gasteiger partial charge in [-0.25, -0.2) is 0 Å². The van der Waals surface area contributed by atoms with Crippen LogP contribution < -0.4 is 4.90 Å². The van der Waals surface area contributed by atoms with Crippen molar-refractivity contribution in [1.29, 1.82) is 0 Å². The third kappa shape index (κ3) is 2.64. The van der Waals surface area contributed by atoms with E-state index in [1.807, 2.05) is 28.0 Å². The van der Waals surface area contributed by atoms with E-state index in [0.717, 1.165) is 50.9 Å². The number of para-hydroxylation sites is 1. The average molecular weight is 312 g/mol. The quantitative estimate of drug-likeness (QED) is 0.842. The van der Waals surface area contributed by atoms with Crippen molar-refractivity contribution in [1.82, 2.24) is 4.90 Å². The summed E-state index contributed by atoms with van der Waals surface area (Å²) in [7, 11) is 0. The highest BCUT2D eigenvalue weighted by Gasteiger charge is 2.43. The minimum absolute atomic E-state index is 0.121. The SMILES string of the molecule is CC1Cc2ccccc2N(C(=O)C2CCCN2C(=O)C2CC2)C1. The molecule has 0 radical (unpaired) electrons. The summed E-state index contributed by atoms with van der Waals surface area (Å²) in [6, 6.07) is 7.95. The molecular weight excluding hydrogens is 288 g/mol. The summed E-state index contributed by atoms with van der Waals surface area (Å²) in [5.41, 5.74) is 2.29. The summed E-state index contributed by atoms with van der Waals surface area (Å²) in [5, 5.41) is 0. The lowest BCUT2D eigenvalue weighted by Crippen LogP contribution is -2.50. The summed E-state index contributed by atoms with van der Waals surface area (Å²) in [5.74, 6) is 0.980. The molecule has 1 saturated carbocycles. The highest BCUT2D eigenvalue weighted by atomic mass is 16.2. The molecule has 4 heteroatoms. The minimum atomic E-state index is -0.249. The predicted octanol–water partition coefficient (Wildman–Crippen LogP) is 2.61. The smallest absolute Gasteiger partial charge is 0.249 e. The normalized spacial score (nSPS) is 27.0. The van der Waals surface area contributed by atoms with Crippen molar-refractivity contribution in [3.05, 3.63) is 29.8 Å². The Morgan fingerprint density at radius 1 is 1.09 bits per heavy atom. The molecule has 2 atom stereocenters. The number of hydrogen-bond acceptors (Lipinski definition) is 2. The molecule has 0 spiro atoms. The standard InChI is InChI=1S/C19H24N2O2/c1-13-11-15-5-2-3-6-16(15)21(12-13)19(23)17-7-4-10-20(17)18(22)14-8-9-14/h2-3,5-6,13-14,17H,4,7-12H2,1H3. The van der Waals surface area contributed by atoms with E-state index in [-0.39, 0.29) is 23.8 Å². The highest BCUT2D eigenvalue weighted by molar-refractivity contribution is 6.00. The molecule has 23 heavy (non-hydrogen) atoms. The van der Waals surface area contributed by atoms with Crippen molar-refractivity contribution in [2.75, 3.05) is 18.0 Å². The molecule has 0 N–H and O–H groups in total. The van der Waals surface area contributed by atoms with Crippen LogP contribution in [0.25, 0.3) is 0 Å². The molecule has 1 saturated heterocycles. The topological polar surface area (TPSA) is 40.6 Å². The summed E-state index contributed by atoms with van der Waals surface area (Å²) >= 11 is 0. The van der Waals surface area contributed by atoms with Gasteiger partial charge in [-0.15, -0.1) is 0 Å². The molecule has 0 aromatic heterocycles. The Kier molecular flexibility index (Phi) is 3.63. The first kappa shape index (κ1) is 14.7. The molecule has 4 nitrogen and oxygen atoms in total. The van der Waals surface area contributed by atoms with E-state index >= 15 is 0 Å². The molecule has 2 amide bonds. The highest BCUT2D eigenvalue weighted by Crippen LogP contribution is 2.36. The van der Waals surface area contributed by atoms with Gasteiger partial charge in [-0.3, -0.25) is 9.59 Å². The number of anilines is 1. The van der Waals surface area contributed by atoms with Gasteiger partial charge in [0.15, 0.2) is 0 Å². The van der Waals surface area contributed by atoms with Gasteiger partial charge in [0.25, 0.3) is 0 Å². The molecule has 4 rings (SSSR count). The van der Waals surface area contributed by atoms with Crippen LogP contribution in [0, 0.1) is 11.8 Å². The van der Waals surface area contributed by atoms with Gasteiger partial charge < -0.3 is 9.80 Å². The third-order valence-corrected chi connectivity index (χ3v) is 5.36. The number of likely N-dealkylation sites (tertiary alicyclic amines) is 1.